The van der Waals surface area contributed by atoms with Crippen molar-refractivity contribution in [2.75, 3.05) is 46.9 Å². The molecule has 0 saturated carbocycles. The first-order valence-corrected chi connectivity index (χ1v) is 4.94. The fraction of sp³-hybridized carbons (Fsp3) is 1.00. The van der Waals surface area contributed by atoms with E-state index in [1.807, 2.05) is 0 Å². The maximum absolute atomic E-state index is 12.6. The van der Waals surface area contributed by atoms with E-state index in [1.54, 1.807) is 7.11 Å². The van der Waals surface area contributed by atoms with E-state index in [2.05, 4.69) is 5.32 Å². The molecule has 0 amide bonds. The zero-order valence-corrected chi connectivity index (χ0v) is 9.48. The van der Waals surface area contributed by atoms with Crippen LogP contribution in [0.2, 0.25) is 0 Å². The summed E-state index contributed by atoms with van der Waals surface area (Å²) >= 11 is 0. The highest BCUT2D eigenvalue weighted by atomic mass is 19.3. The molecule has 0 aliphatic heterocycles. The van der Waals surface area contributed by atoms with Gasteiger partial charge in [0.1, 0.15) is 0 Å². The Morgan fingerprint density at radius 1 is 1.31 bits per heavy atom. The number of nitrogens with zero attached hydrogens (tertiary/aromatic N) is 1. The third kappa shape index (κ3) is 6.97. The molecule has 0 unspecified atom stereocenters. The lowest BCUT2D eigenvalue weighted by Gasteiger charge is -2.23. The van der Waals surface area contributed by atoms with Gasteiger partial charge >= 0.3 is 12.3 Å². The van der Waals surface area contributed by atoms with Gasteiger partial charge in [0.2, 0.25) is 0 Å². The predicted octanol–water partition coefficient (Wildman–Crippen LogP) is 1.05. The van der Waals surface area contributed by atoms with Crippen molar-refractivity contribution < 1.29 is 22.3 Å². The molecule has 0 atom stereocenters. The number of hydrogen-bond acceptors (Lipinski definition) is 3. The van der Waals surface area contributed by atoms with Gasteiger partial charge < -0.3 is 10.1 Å². The molecule has 1 N–H and O–H groups in total. The summed E-state index contributed by atoms with van der Waals surface area (Å²) in [4.78, 5) is 1.17. The van der Waals surface area contributed by atoms with Crippen LogP contribution in [0.15, 0.2) is 0 Å². The third-order valence-electron chi connectivity index (χ3n) is 1.95. The molecular weight excluding hydrogens is 228 g/mol. The number of nitrogens with one attached hydrogen (secondary N) is 1. The van der Waals surface area contributed by atoms with Gasteiger partial charge in [-0.2, -0.15) is 8.78 Å². The van der Waals surface area contributed by atoms with E-state index < -0.39 is 18.9 Å². The summed E-state index contributed by atoms with van der Waals surface area (Å²) in [6.07, 6.45) is -3.61. The average molecular weight is 246 g/mol. The van der Waals surface area contributed by atoms with Crippen molar-refractivity contribution in [3.8, 4) is 0 Å². The maximum atomic E-state index is 12.6. The number of methoxy groups -OCH3 is 1. The van der Waals surface area contributed by atoms with Gasteiger partial charge in [0, 0.05) is 26.7 Å². The first-order valence-electron chi connectivity index (χ1n) is 4.94. The van der Waals surface area contributed by atoms with E-state index in [-0.39, 0.29) is 6.54 Å². The molecule has 0 aromatic rings. The molecule has 0 fully saturated rings. The van der Waals surface area contributed by atoms with Crippen molar-refractivity contribution in [3.05, 3.63) is 0 Å². The Hall–Kier alpha value is -0.400. The minimum Gasteiger partial charge on any atom is -0.383 e. The highest BCUT2D eigenvalue weighted by Crippen LogP contribution is 2.23. The predicted molar refractivity (Wildman–Crippen MR) is 53.2 cm³/mol. The van der Waals surface area contributed by atoms with Crippen molar-refractivity contribution >= 4 is 0 Å². The molecule has 3 nitrogen and oxygen atoms in total. The van der Waals surface area contributed by atoms with Crippen molar-refractivity contribution in [1.82, 2.24) is 10.2 Å². The molecule has 0 aliphatic carbocycles. The first-order chi connectivity index (χ1) is 7.40. The second kappa shape index (κ2) is 7.81. The third-order valence-corrected chi connectivity index (χ3v) is 1.95. The van der Waals surface area contributed by atoms with Crippen LogP contribution in [0.25, 0.3) is 0 Å². The summed E-state index contributed by atoms with van der Waals surface area (Å²) in [6, 6.07) is 0. The van der Waals surface area contributed by atoms with Crippen LogP contribution in [0.1, 0.15) is 0 Å². The monoisotopic (exact) mass is 246 g/mol. The molecule has 98 valence electrons. The fourth-order valence-electron chi connectivity index (χ4n) is 1.08. The van der Waals surface area contributed by atoms with Crippen LogP contribution in [0.3, 0.4) is 0 Å². The van der Waals surface area contributed by atoms with Crippen molar-refractivity contribution in [1.29, 1.82) is 0 Å². The smallest absolute Gasteiger partial charge is 0.319 e. The van der Waals surface area contributed by atoms with Gasteiger partial charge in [-0.25, -0.2) is 8.78 Å². The van der Waals surface area contributed by atoms with Gasteiger partial charge in [0.25, 0.3) is 0 Å². The van der Waals surface area contributed by atoms with Crippen LogP contribution in [0.5, 0.6) is 0 Å². The number of likely N-dealkylation sites (N-methyl/N-ethyl adjacent to an activating group) is 1. The largest absolute Gasteiger partial charge is 0.383 e. The first kappa shape index (κ1) is 15.6. The van der Waals surface area contributed by atoms with Crippen molar-refractivity contribution in [2.24, 2.45) is 0 Å². The van der Waals surface area contributed by atoms with Gasteiger partial charge in [0.05, 0.1) is 13.2 Å². The summed E-state index contributed by atoms with van der Waals surface area (Å²) < 4.78 is 53.7. The van der Waals surface area contributed by atoms with Crippen molar-refractivity contribution in [2.45, 2.75) is 12.3 Å². The van der Waals surface area contributed by atoms with Gasteiger partial charge in [0.15, 0.2) is 0 Å². The Kier molecular flexibility index (Phi) is 7.61. The van der Waals surface area contributed by atoms with E-state index >= 15 is 0 Å². The van der Waals surface area contributed by atoms with Crippen LogP contribution in [-0.4, -0.2) is 64.2 Å². The molecule has 7 heteroatoms. The second-order valence-corrected chi connectivity index (χ2v) is 3.54. The number of hydrogen-bond donors (Lipinski definition) is 1. The Bertz CT molecular complexity index is 181. The van der Waals surface area contributed by atoms with Gasteiger partial charge in [-0.05, 0) is 7.05 Å². The second-order valence-electron chi connectivity index (χ2n) is 3.54. The normalized spacial score (nSPS) is 12.8. The quantitative estimate of drug-likeness (QED) is 0.486. The zero-order chi connectivity index (χ0) is 12.6. The number of rotatable bonds is 9. The lowest BCUT2D eigenvalue weighted by atomic mass is 10.3. The SMILES string of the molecule is COCCNCCN(C)CC(F)(F)C(F)F. The van der Waals surface area contributed by atoms with E-state index in [0.717, 1.165) is 0 Å². The Morgan fingerprint density at radius 2 is 1.94 bits per heavy atom. The molecular formula is C9H18F4N2O. The van der Waals surface area contributed by atoms with Crippen LogP contribution >= 0.6 is 0 Å². The summed E-state index contributed by atoms with van der Waals surface area (Å²) in [5, 5.41) is 2.93. The van der Waals surface area contributed by atoms with E-state index in [0.29, 0.717) is 19.7 Å². The average Bonchev–Trinajstić information content (AvgIpc) is 2.16. The Balaban J connectivity index is 3.62. The van der Waals surface area contributed by atoms with Gasteiger partial charge in [-0.3, -0.25) is 4.90 Å². The minimum atomic E-state index is -3.94. The van der Waals surface area contributed by atoms with Crippen LogP contribution in [0, 0.1) is 0 Å². The fourth-order valence-corrected chi connectivity index (χ4v) is 1.08. The summed E-state index contributed by atoms with van der Waals surface area (Å²) in [5.41, 5.74) is 0. The molecule has 16 heavy (non-hydrogen) atoms. The number of ether oxygens (including phenoxy) is 1. The Morgan fingerprint density at radius 3 is 2.44 bits per heavy atom. The highest BCUT2D eigenvalue weighted by molar-refractivity contribution is 4.73. The minimum absolute atomic E-state index is 0.284. The topological polar surface area (TPSA) is 24.5 Å². The van der Waals surface area contributed by atoms with E-state index in [4.69, 9.17) is 4.74 Å². The van der Waals surface area contributed by atoms with Crippen molar-refractivity contribution in [3.63, 3.8) is 0 Å². The maximum Gasteiger partial charge on any atom is 0.319 e. The van der Waals surface area contributed by atoms with E-state index in [9.17, 15) is 17.6 Å². The van der Waals surface area contributed by atoms with Gasteiger partial charge in [-0.15, -0.1) is 0 Å². The zero-order valence-electron chi connectivity index (χ0n) is 9.48. The summed E-state index contributed by atoms with van der Waals surface area (Å²) in [6.45, 7) is 0.939. The molecule has 0 aliphatic rings. The van der Waals surface area contributed by atoms with Gasteiger partial charge in [-0.1, -0.05) is 0 Å². The summed E-state index contributed by atoms with van der Waals surface area (Å²) in [5.74, 6) is -3.94. The number of halogens is 4. The Labute approximate surface area is 92.7 Å². The lowest BCUT2D eigenvalue weighted by Crippen LogP contribution is -2.42. The number of alkyl halides is 4. The van der Waals surface area contributed by atoms with Crippen LogP contribution in [-0.2, 0) is 4.74 Å². The lowest BCUT2D eigenvalue weighted by molar-refractivity contribution is -0.139. The molecule has 0 spiro atoms. The van der Waals surface area contributed by atoms with E-state index in [1.165, 1.54) is 11.9 Å². The van der Waals surface area contributed by atoms with Crippen LogP contribution in [0.4, 0.5) is 17.6 Å². The molecule has 0 aromatic heterocycles. The van der Waals surface area contributed by atoms with Crippen LogP contribution < -0.4 is 5.32 Å². The highest BCUT2D eigenvalue weighted by Gasteiger charge is 2.41. The molecule has 0 rings (SSSR count). The molecule has 0 bridgehead atoms. The molecule has 0 heterocycles. The molecule has 0 saturated heterocycles. The standard InChI is InChI=1S/C9H18F4N2O/c1-15(5-3-14-4-6-16-2)7-9(12,13)8(10)11/h8,14H,3-7H2,1-2H3. The summed E-state index contributed by atoms with van der Waals surface area (Å²) in [7, 11) is 2.94. The molecule has 0 aromatic carbocycles. The molecule has 0 radical (unpaired) electrons.